The van der Waals surface area contributed by atoms with Gasteiger partial charge in [0.15, 0.2) is 0 Å². The third-order valence-electron chi connectivity index (χ3n) is 3.94. The quantitative estimate of drug-likeness (QED) is 0.881. The lowest BCUT2D eigenvalue weighted by atomic mass is 9.83. The number of methoxy groups -OCH3 is 1. The van der Waals surface area contributed by atoms with Crippen LogP contribution in [-0.2, 0) is 0 Å². The summed E-state index contributed by atoms with van der Waals surface area (Å²) >= 11 is 0. The van der Waals surface area contributed by atoms with Gasteiger partial charge in [0.25, 0.3) is 0 Å². The minimum absolute atomic E-state index is 0.511. The van der Waals surface area contributed by atoms with Gasteiger partial charge in [-0.2, -0.15) is 0 Å². The van der Waals surface area contributed by atoms with Crippen molar-refractivity contribution in [1.29, 1.82) is 0 Å². The molecule has 1 aromatic rings. The zero-order valence-electron chi connectivity index (χ0n) is 12.0. The molecule has 0 spiro atoms. The maximum absolute atomic E-state index is 5.65. The first-order valence-corrected chi connectivity index (χ1v) is 7.03. The summed E-state index contributed by atoms with van der Waals surface area (Å²) in [5, 5.41) is 3.51. The molecule has 1 aromatic carbocycles. The van der Waals surface area contributed by atoms with Crippen LogP contribution >= 0.6 is 0 Å². The molecule has 0 amide bonds. The van der Waals surface area contributed by atoms with E-state index in [4.69, 9.17) is 4.74 Å². The molecule has 0 saturated carbocycles. The largest absolute Gasteiger partial charge is 0.496 e. The van der Waals surface area contributed by atoms with Crippen LogP contribution in [0.15, 0.2) is 12.1 Å². The number of benzene rings is 1. The number of ether oxygens (including phenoxy) is 1. The monoisotopic (exact) mass is 247 g/mol. The Kier molecular flexibility index (Phi) is 4.28. The van der Waals surface area contributed by atoms with Crippen molar-refractivity contribution in [2.75, 3.05) is 20.2 Å². The molecule has 0 bridgehead atoms. The summed E-state index contributed by atoms with van der Waals surface area (Å²) in [7, 11) is 1.79. The van der Waals surface area contributed by atoms with Gasteiger partial charge < -0.3 is 10.1 Å². The molecule has 2 heteroatoms. The summed E-state index contributed by atoms with van der Waals surface area (Å²) in [6.45, 7) is 8.92. The Bertz CT molecular complexity index is 406. The van der Waals surface area contributed by atoms with E-state index in [-0.39, 0.29) is 0 Å². The Hall–Kier alpha value is -1.02. The van der Waals surface area contributed by atoms with E-state index in [2.05, 4.69) is 38.2 Å². The minimum atomic E-state index is 0.511. The van der Waals surface area contributed by atoms with Crippen molar-refractivity contribution < 1.29 is 4.74 Å². The van der Waals surface area contributed by atoms with Crippen molar-refractivity contribution in [2.45, 2.75) is 45.4 Å². The van der Waals surface area contributed by atoms with Crippen LogP contribution in [0.3, 0.4) is 0 Å². The molecule has 1 saturated heterocycles. The fraction of sp³-hybridized carbons (Fsp3) is 0.625. The summed E-state index contributed by atoms with van der Waals surface area (Å²) in [5.41, 5.74) is 4.14. The van der Waals surface area contributed by atoms with Crippen molar-refractivity contribution in [3.05, 3.63) is 28.8 Å². The second kappa shape index (κ2) is 5.75. The smallest absolute Gasteiger partial charge is 0.125 e. The van der Waals surface area contributed by atoms with Crippen LogP contribution in [-0.4, -0.2) is 20.2 Å². The van der Waals surface area contributed by atoms with Crippen molar-refractivity contribution in [3.63, 3.8) is 0 Å². The van der Waals surface area contributed by atoms with Gasteiger partial charge >= 0.3 is 0 Å². The first-order chi connectivity index (χ1) is 8.65. The van der Waals surface area contributed by atoms with Gasteiger partial charge in [0.1, 0.15) is 5.75 Å². The third-order valence-corrected chi connectivity index (χ3v) is 3.94. The number of piperidine rings is 1. The first kappa shape index (κ1) is 13.4. The molecule has 1 atom stereocenters. The van der Waals surface area contributed by atoms with Crippen LogP contribution in [0.4, 0.5) is 0 Å². The molecule has 0 aromatic heterocycles. The number of hydrogen-bond acceptors (Lipinski definition) is 2. The van der Waals surface area contributed by atoms with Gasteiger partial charge in [0.05, 0.1) is 7.11 Å². The Morgan fingerprint density at radius 3 is 2.67 bits per heavy atom. The predicted octanol–water partition coefficient (Wildman–Crippen LogP) is 3.59. The van der Waals surface area contributed by atoms with Crippen LogP contribution in [0.5, 0.6) is 5.75 Å². The summed E-state index contributed by atoms with van der Waals surface area (Å²) in [5.74, 6) is 2.25. The van der Waals surface area contributed by atoms with Crippen LogP contribution in [0, 0.1) is 6.92 Å². The molecular weight excluding hydrogens is 222 g/mol. The highest BCUT2D eigenvalue weighted by Gasteiger charge is 2.22. The highest BCUT2D eigenvalue weighted by atomic mass is 16.5. The number of nitrogens with one attached hydrogen (secondary N) is 1. The van der Waals surface area contributed by atoms with Gasteiger partial charge in [-0.3, -0.25) is 0 Å². The molecule has 1 aliphatic rings. The molecule has 1 aliphatic heterocycles. The van der Waals surface area contributed by atoms with Crippen LogP contribution < -0.4 is 10.1 Å². The molecular formula is C16H25NO. The Balaban J connectivity index is 2.45. The molecule has 1 unspecified atom stereocenters. The summed E-state index contributed by atoms with van der Waals surface area (Å²) in [6, 6.07) is 4.51. The second-order valence-electron chi connectivity index (χ2n) is 5.62. The molecule has 2 rings (SSSR count). The lowest BCUT2D eigenvalue weighted by Crippen LogP contribution is -2.29. The van der Waals surface area contributed by atoms with Gasteiger partial charge in [-0.25, -0.2) is 0 Å². The van der Waals surface area contributed by atoms with E-state index in [1.807, 2.05) is 0 Å². The second-order valence-corrected chi connectivity index (χ2v) is 5.62. The zero-order valence-corrected chi connectivity index (χ0v) is 12.0. The molecule has 18 heavy (non-hydrogen) atoms. The lowest BCUT2D eigenvalue weighted by molar-refractivity contribution is 0.399. The maximum atomic E-state index is 5.65. The van der Waals surface area contributed by atoms with E-state index < -0.39 is 0 Å². The SMILES string of the molecule is COc1c(C)ccc(C2CCCNC2)c1C(C)C. The molecule has 0 radical (unpaired) electrons. The Morgan fingerprint density at radius 1 is 1.33 bits per heavy atom. The Labute approximate surface area is 111 Å². The number of hydrogen-bond donors (Lipinski definition) is 1. The van der Waals surface area contributed by atoms with Crippen LogP contribution in [0.25, 0.3) is 0 Å². The number of rotatable bonds is 3. The molecule has 0 aliphatic carbocycles. The highest BCUT2D eigenvalue weighted by Crippen LogP contribution is 2.38. The fourth-order valence-electron chi connectivity index (χ4n) is 3.06. The van der Waals surface area contributed by atoms with Gasteiger partial charge in [-0.1, -0.05) is 26.0 Å². The van der Waals surface area contributed by atoms with Gasteiger partial charge in [0, 0.05) is 12.1 Å². The van der Waals surface area contributed by atoms with Crippen molar-refractivity contribution in [1.82, 2.24) is 5.32 Å². The van der Waals surface area contributed by atoms with Crippen molar-refractivity contribution in [3.8, 4) is 5.75 Å². The maximum Gasteiger partial charge on any atom is 0.125 e. The van der Waals surface area contributed by atoms with Crippen LogP contribution in [0.1, 0.15) is 55.2 Å². The highest BCUT2D eigenvalue weighted by molar-refractivity contribution is 5.49. The predicted molar refractivity (Wildman–Crippen MR) is 76.7 cm³/mol. The number of aryl methyl sites for hydroxylation is 1. The van der Waals surface area contributed by atoms with Gasteiger partial charge in [0.2, 0.25) is 0 Å². The van der Waals surface area contributed by atoms with E-state index in [1.54, 1.807) is 7.11 Å². The molecule has 2 nitrogen and oxygen atoms in total. The fourth-order valence-corrected chi connectivity index (χ4v) is 3.06. The molecule has 1 N–H and O–H groups in total. The molecule has 1 heterocycles. The average Bonchev–Trinajstić information content (AvgIpc) is 2.39. The standard InChI is InChI=1S/C16H25NO/c1-11(2)15-14(13-6-5-9-17-10-13)8-7-12(3)16(15)18-4/h7-8,11,13,17H,5-6,9-10H2,1-4H3. The van der Waals surface area contributed by atoms with E-state index in [0.717, 1.165) is 18.8 Å². The summed E-state index contributed by atoms with van der Waals surface area (Å²) < 4.78 is 5.65. The Morgan fingerprint density at radius 2 is 2.11 bits per heavy atom. The van der Waals surface area contributed by atoms with E-state index in [0.29, 0.717) is 11.8 Å². The summed E-state index contributed by atoms with van der Waals surface area (Å²) in [6.07, 6.45) is 2.57. The molecule has 1 fully saturated rings. The van der Waals surface area contributed by atoms with Crippen molar-refractivity contribution >= 4 is 0 Å². The lowest BCUT2D eigenvalue weighted by Gasteiger charge is -2.28. The third kappa shape index (κ3) is 2.54. The van der Waals surface area contributed by atoms with Crippen molar-refractivity contribution in [2.24, 2.45) is 0 Å². The molecule has 100 valence electrons. The topological polar surface area (TPSA) is 21.3 Å². The van der Waals surface area contributed by atoms with E-state index >= 15 is 0 Å². The average molecular weight is 247 g/mol. The zero-order chi connectivity index (χ0) is 13.1. The normalized spacial score (nSPS) is 20.2. The van der Waals surface area contributed by atoms with E-state index in [1.165, 1.54) is 29.5 Å². The van der Waals surface area contributed by atoms with E-state index in [9.17, 15) is 0 Å². The van der Waals surface area contributed by atoms with Crippen LogP contribution in [0.2, 0.25) is 0 Å². The first-order valence-electron chi connectivity index (χ1n) is 7.03. The van der Waals surface area contributed by atoms with Gasteiger partial charge in [-0.05, 0) is 49.3 Å². The van der Waals surface area contributed by atoms with Gasteiger partial charge in [-0.15, -0.1) is 0 Å². The summed E-state index contributed by atoms with van der Waals surface area (Å²) in [4.78, 5) is 0. The minimum Gasteiger partial charge on any atom is -0.496 e.